The van der Waals surface area contributed by atoms with Gasteiger partial charge in [-0.1, -0.05) is 32.4 Å². The van der Waals surface area contributed by atoms with Crippen LogP contribution in [0.3, 0.4) is 0 Å². The molecule has 1 aliphatic rings. The Morgan fingerprint density at radius 1 is 1.42 bits per heavy atom. The van der Waals surface area contributed by atoms with Crippen LogP contribution in [0.2, 0.25) is 5.02 Å². The number of ketones is 1. The summed E-state index contributed by atoms with van der Waals surface area (Å²) < 4.78 is 0. The summed E-state index contributed by atoms with van der Waals surface area (Å²) in [6.45, 7) is 6.17. The van der Waals surface area contributed by atoms with Crippen molar-refractivity contribution in [3.05, 3.63) is 23.4 Å². The predicted octanol–water partition coefficient (Wildman–Crippen LogP) is 2.59. The summed E-state index contributed by atoms with van der Waals surface area (Å²) in [5.74, 6) is 0.383. The second kappa shape index (κ2) is 7.30. The molecule has 1 aromatic rings. The SMILES string of the molecule is CC(C)(C)C(=O)CC(N)=NC(=O)C1CCCN1c1ccc(Cl)cn1. The Balaban J connectivity index is 2.09. The van der Waals surface area contributed by atoms with Crippen molar-refractivity contribution in [2.45, 2.75) is 46.1 Å². The Morgan fingerprint density at radius 2 is 2.12 bits per heavy atom. The van der Waals surface area contributed by atoms with Gasteiger partial charge in [0, 0.05) is 18.2 Å². The number of hydrogen-bond donors (Lipinski definition) is 1. The number of carbonyl (C=O) groups excluding carboxylic acids is 2. The number of aromatic nitrogens is 1. The van der Waals surface area contributed by atoms with E-state index < -0.39 is 11.5 Å². The van der Waals surface area contributed by atoms with Crippen LogP contribution in [-0.4, -0.2) is 35.1 Å². The maximum absolute atomic E-state index is 12.5. The van der Waals surface area contributed by atoms with Crippen LogP contribution in [0, 0.1) is 5.41 Å². The van der Waals surface area contributed by atoms with E-state index in [1.54, 1.807) is 18.3 Å². The monoisotopic (exact) mass is 350 g/mol. The molecule has 6 nitrogen and oxygen atoms in total. The number of halogens is 1. The third-order valence-electron chi connectivity index (χ3n) is 3.98. The number of pyridine rings is 1. The van der Waals surface area contributed by atoms with E-state index in [0.29, 0.717) is 17.3 Å². The molecule has 0 bridgehead atoms. The number of nitrogens with zero attached hydrogens (tertiary/aromatic N) is 3. The summed E-state index contributed by atoms with van der Waals surface area (Å²) >= 11 is 5.85. The molecule has 2 heterocycles. The Kier molecular flexibility index (Phi) is 5.59. The summed E-state index contributed by atoms with van der Waals surface area (Å²) in [6.07, 6.45) is 3.10. The first kappa shape index (κ1) is 18.4. The minimum absolute atomic E-state index is 0.0127. The molecular weight excluding hydrogens is 328 g/mol. The van der Waals surface area contributed by atoms with Crippen LogP contribution in [0.25, 0.3) is 0 Å². The highest BCUT2D eigenvalue weighted by atomic mass is 35.5. The molecule has 0 spiro atoms. The number of nitrogens with two attached hydrogens (primary N) is 1. The van der Waals surface area contributed by atoms with Gasteiger partial charge in [-0.15, -0.1) is 0 Å². The molecule has 0 aromatic carbocycles. The lowest BCUT2D eigenvalue weighted by Gasteiger charge is -2.23. The van der Waals surface area contributed by atoms with Gasteiger partial charge >= 0.3 is 0 Å². The number of rotatable bonds is 4. The summed E-state index contributed by atoms with van der Waals surface area (Å²) in [5.41, 5.74) is 5.30. The summed E-state index contributed by atoms with van der Waals surface area (Å²) in [7, 11) is 0. The molecule has 24 heavy (non-hydrogen) atoms. The minimum Gasteiger partial charge on any atom is -0.387 e. The lowest BCUT2D eigenvalue weighted by molar-refractivity contribution is -0.125. The first-order chi connectivity index (χ1) is 11.2. The summed E-state index contributed by atoms with van der Waals surface area (Å²) in [5, 5.41) is 0.545. The van der Waals surface area contributed by atoms with Crippen LogP contribution in [0.1, 0.15) is 40.0 Å². The lowest BCUT2D eigenvalue weighted by Crippen LogP contribution is -2.37. The highest BCUT2D eigenvalue weighted by Crippen LogP contribution is 2.25. The molecule has 1 unspecified atom stereocenters. The van der Waals surface area contributed by atoms with Gasteiger partial charge in [-0.2, -0.15) is 4.99 Å². The van der Waals surface area contributed by atoms with Crippen LogP contribution < -0.4 is 10.6 Å². The largest absolute Gasteiger partial charge is 0.387 e. The average Bonchev–Trinajstić information content (AvgIpc) is 2.96. The van der Waals surface area contributed by atoms with E-state index >= 15 is 0 Å². The van der Waals surface area contributed by atoms with Crippen LogP contribution in [0.4, 0.5) is 5.82 Å². The van der Waals surface area contributed by atoms with Crippen molar-refractivity contribution >= 4 is 34.9 Å². The average molecular weight is 351 g/mol. The first-order valence-electron chi connectivity index (χ1n) is 7.97. The topological polar surface area (TPSA) is 88.7 Å². The van der Waals surface area contributed by atoms with E-state index in [0.717, 1.165) is 13.0 Å². The highest BCUT2D eigenvalue weighted by molar-refractivity contribution is 6.30. The second-order valence-corrected chi connectivity index (χ2v) is 7.41. The van der Waals surface area contributed by atoms with Crippen molar-refractivity contribution in [3.63, 3.8) is 0 Å². The first-order valence-corrected chi connectivity index (χ1v) is 8.34. The Labute approximate surface area is 147 Å². The van der Waals surface area contributed by atoms with E-state index in [1.807, 2.05) is 25.7 Å². The van der Waals surface area contributed by atoms with Crippen LogP contribution in [0.15, 0.2) is 23.3 Å². The maximum Gasteiger partial charge on any atom is 0.270 e. The van der Waals surface area contributed by atoms with Crippen LogP contribution in [0.5, 0.6) is 0 Å². The van der Waals surface area contributed by atoms with Gasteiger partial charge in [-0.05, 0) is 25.0 Å². The molecule has 1 saturated heterocycles. The van der Waals surface area contributed by atoms with Crippen molar-refractivity contribution in [2.24, 2.45) is 16.1 Å². The van der Waals surface area contributed by atoms with Gasteiger partial charge in [0.1, 0.15) is 23.5 Å². The Hall–Kier alpha value is -1.95. The summed E-state index contributed by atoms with van der Waals surface area (Å²) in [4.78, 5) is 34.6. The number of carbonyl (C=O) groups is 2. The maximum atomic E-state index is 12.5. The van der Waals surface area contributed by atoms with Crippen LogP contribution in [-0.2, 0) is 9.59 Å². The number of anilines is 1. The van der Waals surface area contributed by atoms with Crippen molar-refractivity contribution in [2.75, 3.05) is 11.4 Å². The fourth-order valence-corrected chi connectivity index (χ4v) is 2.63. The fraction of sp³-hybridized carbons (Fsp3) is 0.529. The molecule has 0 radical (unpaired) electrons. The fourth-order valence-electron chi connectivity index (χ4n) is 2.52. The van der Waals surface area contributed by atoms with Crippen LogP contribution >= 0.6 is 11.6 Å². The molecular formula is C17H23ClN4O2. The molecule has 1 atom stereocenters. The lowest BCUT2D eigenvalue weighted by atomic mass is 9.89. The molecule has 0 saturated carbocycles. The molecule has 7 heteroatoms. The third-order valence-corrected chi connectivity index (χ3v) is 4.20. The smallest absolute Gasteiger partial charge is 0.270 e. The number of amidine groups is 1. The quantitative estimate of drug-likeness (QED) is 0.666. The number of aliphatic imine (C=N–C) groups is 1. The molecule has 1 aliphatic heterocycles. The Morgan fingerprint density at radius 3 is 2.71 bits per heavy atom. The summed E-state index contributed by atoms with van der Waals surface area (Å²) in [6, 6.07) is 3.12. The standard InChI is InChI=1S/C17H23ClN4O2/c1-17(2,3)13(23)9-14(19)21-16(24)12-5-4-8-22(12)15-7-6-11(18)10-20-15/h6-7,10,12H,4-5,8-9H2,1-3H3,(H2,19,21,24). The zero-order chi connectivity index (χ0) is 17.9. The molecule has 2 rings (SSSR count). The zero-order valence-electron chi connectivity index (χ0n) is 14.3. The molecule has 1 fully saturated rings. The number of Topliss-reactive ketones (excluding diaryl/α,β-unsaturated/α-hetero) is 1. The third kappa shape index (κ3) is 4.54. The van der Waals surface area contributed by atoms with Gasteiger partial charge < -0.3 is 10.6 Å². The van der Waals surface area contributed by atoms with Gasteiger partial charge in [0.15, 0.2) is 0 Å². The normalized spacial score (nSPS) is 18.8. The molecule has 130 valence electrons. The number of hydrogen-bond acceptors (Lipinski definition) is 4. The molecule has 1 aromatic heterocycles. The van der Waals surface area contributed by atoms with Crippen molar-refractivity contribution in [1.82, 2.24) is 4.98 Å². The number of amides is 1. The molecule has 2 N–H and O–H groups in total. The van der Waals surface area contributed by atoms with Crippen molar-refractivity contribution < 1.29 is 9.59 Å². The highest BCUT2D eigenvalue weighted by Gasteiger charge is 2.32. The van der Waals surface area contributed by atoms with Gasteiger partial charge in [0.25, 0.3) is 5.91 Å². The molecule has 1 amide bonds. The Bertz CT molecular complexity index is 650. The van der Waals surface area contributed by atoms with E-state index in [2.05, 4.69) is 9.98 Å². The van der Waals surface area contributed by atoms with E-state index in [4.69, 9.17) is 17.3 Å². The van der Waals surface area contributed by atoms with E-state index in [9.17, 15) is 9.59 Å². The van der Waals surface area contributed by atoms with Crippen molar-refractivity contribution in [1.29, 1.82) is 0 Å². The minimum atomic E-state index is -0.504. The van der Waals surface area contributed by atoms with Gasteiger partial charge in [-0.3, -0.25) is 9.59 Å². The van der Waals surface area contributed by atoms with Gasteiger partial charge in [0.05, 0.1) is 11.4 Å². The van der Waals surface area contributed by atoms with E-state index in [-0.39, 0.29) is 23.9 Å². The van der Waals surface area contributed by atoms with Gasteiger partial charge in [0.2, 0.25) is 0 Å². The van der Waals surface area contributed by atoms with Gasteiger partial charge in [-0.25, -0.2) is 4.98 Å². The predicted molar refractivity (Wildman–Crippen MR) is 95.3 cm³/mol. The van der Waals surface area contributed by atoms with Crippen molar-refractivity contribution in [3.8, 4) is 0 Å². The van der Waals surface area contributed by atoms with E-state index in [1.165, 1.54) is 0 Å². The second-order valence-electron chi connectivity index (χ2n) is 6.98. The zero-order valence-corrected chi connectivity index (χ0v) is 15.0. The molecule has 0 aliphatic carbocycles.